The van der Waals surface area contributed by atoms with Gasteiger partial charge >= 0.3 is 12.0 Å². The number of carbonyl (C=O) groups is 2. The van der Waals surface area contributed by atoms with E-state index in [0.29, 0.717) is 13.1 Å². The SMILES string of the molecule is NC1CCN(C(=O)N2C[C@H](O)C[C@@H]2C(=O)O)CC1. The quantitative estimate of drug-likeness (QED) is 0.561. The van der Waals surface area contributed by atoms with Crippen molar-refractivity contribution in [2.45, 2.75) is 37.5 Å². The number of likely N-dealkylation sites (tertiary alicyclic amines) is 2. The number of nitrogens with two attached hydrogens (primary N) is 1. The number of urea groups is 1. The third-order valence-electron chi connectivity index (χ3n) is 3.62. The molecule has 0 saturated carbocycles. The number of hydrogen-bond acceptors (Lipinski definition) is 4. The normalized spacial score (nSPS) is 29.7. The first-order valence-electron chi connectivity index (χ1n) is 6.21. The van der Waals surface area contributed by atoms with Crippen molar-refractivity contribution in [3.63, 3.8) is 0 Å². The van der Waals surface area contributed by atoms with E-state index >= 15 is 0 Å². The summed E-state index contributed by atoms with van der Waals surface area (Å²) in [6.07, 6.45) is 0.829. The third kappa shape index (κ3) is 2.56. The summed E-state index contributed by atoms with van der Waals surface area (Å²) in [4.78, 5) is 26.1. The Bertz CT molecular complexity index is 341. The zero-order valence-electron chi connectivity index (χ0n) is 10.2. The van der Waals surface area contributed by atoms with E-state index in [0.717, 1.165) is 12.8 Å². The molecule has 2 heterocycles. The van der Waals surface area contributed by atoms with Gasteiger partial charge in [0, 0.05) is 32.1 Å². The fraction of sp³-hybridized carbons (Fsp3) is 0.818. The van der Waals surface area contributed by atoms with E-state index in [2.05, 4.69) is 0 Å². The number of amides is 2. The zero-order chi connectivity index (χ0) is 13.3. The number of piperidine rings is 1. The summed E-state index contributed by atoms with van der Waals surface area (Å²) in [5.41, 5.74) is 5.76. The molecule has 2 fully saturated rings. The van der Waals surface area contributed by atoms with Crippen molar-refractivity contribution in [3.8, 4) is 0 Å². The monoisotopic (exact) mass is 257 g/mol. The van der Waals surface area contributed by atoms with Crippen molar-refractivity contribution >= 4 is 12.0 Å². The van der Waals surface area contributed by atoms with Crippen molar-refractivity contribution in [2.75, 3.05) is 19.6 Å². The highest BCUT2D eigenvalue weighted by Crippen LogP contribution is 2.21. The number of aliphatic hydroxyl groups is 1. The van der Waals surface area contributed by atoms with Crippen LogP contribution in [0.25, 0.3) is 0 Å². The Morgan fingerprint density at radius 3 is 2.39 bits per heavy atom. The maximum atomic E-state index is 12.2. The van der Waals surface area contributed by atoms with Crippen LogP contribution in [0.5, 0.6) is 0 Å². The predicted octanol–water partition coefficient (Wildman–Crippen LogP) is -0.951. The van der Waals surface area contributed by atoms with E-state index in [-0.39, 0.29) is 25.0 Å². The van der Waals surface area contributed by atoms with Gasteiger partial charge in [-0.15, -0.1) is 0 Å². The highest BCUT2D eigenvalue weighted by atomic mass is 16.4. The Morgan fingerprint density at radius 1 is 1.22 bits per heavy atom. The molecule has 0 aromatic carbocycles. The molecule has 0 spiro atoms. The molecule has 0 bridgehead atoms. The van der Waals surface area contributed by atoms with Gasteiger partial charge in [-0.3, -0.25) is 0 Å². The molecule has 4 N–H and O–H groups in total. The number of β-amino-alcohol motifs (C(OH)–C–C–N with tert-alkyl or cyclic N) is 1. The summed E-state index contributed by atoms with van der Waals surface area (Å²) >= 11 is 0. The smallest absolute Gasteiger partial charge is 0.326 e. The lowest BCUT2D eigenvalue weighted by molar-refractivity contribution is -0.141. The molecule has 2 aliphatic heterocycles. The topological polar surface area (TPSA) is 107 Å². The summed E-state index contributed by atoms with van der Waals surface area (Å²) in [6.45, 7) is 1.20. The molecule has 2 saturated heterocycles. The molecule has 18 heavy (non-hydrogen) atoms. The number of carbonyl (C=O) groups excluding carboxylic acids is 1. The largest absolute Gasteiger partial charge is 0.480 e. The summed E-state index contributed by atoms with van der Waals surface area (Å²) in [6, 6.07) is -1.09. The molecule has 2 atom stereocenters. The Morgan fingerprint density at radius 2 is 1.83 bits per heavy atom. The van der Waals surface area contributed by atoms with Gasteiger partial charge in [0.1, 0.15) is 6.04 Å². The minimum absolute atomic E-state index is 0.0956. The molecular weight excluding hydrogens is 238 g/mol. The number of hydrogen-bond donors (Lipinski definition) is 3. The van der Waals surface area contributed by atoms with E-state index in [9.17, 15) is 14.7 Å². The Labute approximate surface area is 105 Å². The van der Waals surface area contributed by atoms with Crippen LogP contribution in [-0.4, -0.2) is 69.8 Å². The van der Waals surface area contributed by atoms with Crippen LogP contribution in [0.2, 0.25) is 0 Å². The van der Waals surface area contributed by atoms with Crippen LogP contribution < -0.4 is 5.73 Å². The first kappa shape index (κ1) is 13.1. The fourth-order valence-electron chi connectivity index (χ4n) is 2.53. The lowest BCUT2D eigenvalue weighted by Gasteiger charge is -2.34. The average molecular weight is 257 g/mol. The summed E-state index contributed by atoms with van der Waals surface area (Å²) in [5, 5.41) is 18.6. The van der Waals surface area contributed by atoms with E-state index in [1.807, 2.05) is 0 Å². The Kier molecular flexibility index (Phi) is 3.72. The molecule has 2 aliphatic rings. The summed E-state index contributed by atoms with van der Waals surface area (Å²) < 4.78 is 0. The molecule has 7 nitrogen and oxygen atoms in total. The molecule has 0 radical (unpaired) electrons. The van der Waals surface area contributed by atoms with Gasteiger partial charge in [0.25, 0.3) is 0 Å². The maximum Gasteiger partial charge on any atom is 0.326 e. The lowest BCUT2D eigenvalue weighted by Crippen LogP contribution is -2.51. The van der Waals surface area contributed by atoms with E-state index < -0.39 is 18.1 Å². The highest BCUT2D eigenvalue weighted by Gasteiger charge is 2.40. The standard InChI is InChI=1S/C11H19N3O4/c12-7-1-3-13(4-2-7)11(18)14-6-8(15)5-9(14)10(16)17/h7-9,15H,1-6,12H2,(H,16,17)/t8-,9-/m1/s1. The molecule has 2 rings (SSSR count). The van der Waals surface area contributed by atoms with E-state index in [1.54, 1.807) is 4.90 Å². The number of carboxylic acids is 1. The number of carboxylic acid groups (broad SMARTS) is 1. The van der Waals surface area contributed by atoms with Crippen LogP contribution >= 0.6 is 0 Å². The van der Waals surface area contributed by atoms with Gasteiger partial charge in [-0.1, -0.05) is 0 Å². The van der Waals surface area contributed by atoms with Gasteiger partial charge in [-0.2, -0.15) is 0 Å². The second-order valence-corrected chi connectivity index (χ2v) is 5.00. The second-order valence-electron chi connectivity index (χ2n) is 5.00. The van der Waals surface area contributed by atoms with Crippen molar-refractivity contribution in [2.24, 2.45) is 5.73 Å². The van der Waals surface area contributed by atoms with Gasteiger partial charge in [-0.05, 0) is 12.8 Å². The predicted molar refractivity (Wildman–Crippen MR) is 62.9 cm³/mol. The van der Waals surface area contributed by atoms with Crippen LogP contribution in [0.1, 0.15) is 19.3 Å². The molecular formula is C11H19N3O4. The molecule has 0 aromatic rings. The molecule has 7 heteroatoms. The minimum atomic E-state index is -1.06. The molecule has 2 amide bonds. The second kappa shape index (κ2) is 5.11. The molecule has 0 unspecified atom stereocenters. The molecule has 0 aromatic heterocycles. The Hall–Kier alpha value is -1.34. The van der Waals surface area contributed by atoms with Gasteiger partial charge in [-0.25, -0.2) is 9.59 Å². The minimum Gasteiger partial charge on any atom is -0.480 e. The highest BCUT2D eigenvalue weighted by molar-refractivity contribution is 5.83. The van der Waals surface area contributed by atoms with Gasteiger partial charge < -0.3 is 25.7 Å². The lowest BCUT2D eigenvalue weighted by atomic mass is 10.1. The van der Waals surface area contributed by atoms with Crippen LogP contribution in [0.4, 0.5) is 4.79 Å². The van der Waals surface area contributed by atoms with Crippen LogP contribution in [-0.2, 0) is 4.79 Å². The summed E-state index contributed by atoms with van der Waals surface area (Å²) in [7, 11) is 0. The zero-order valence-corrected chi connectivity index (χ0v) is 10.2. The number of nitrogens with zero attached hydrogens (tertiary/aromatic N) is 2. The van der Waals surface area contributed by atoms with E-state index in [4.69, 9.17) is 10.8 Å². The van der Waals surface area contributed by atoms with Crippen molar-refractivity contribution in [1.82, 2.24) is 9.80 Å². The third-order valence-corrected chi connectivity index (χ3v) is 3.62. The van der Waals surface area contributed by atoms with Crippen LogP contribution in [0.15, 0.2) is 0 Å². The Balaban J connectivity index is 2.01. The molecule has 102 valence electrons. The van der Waals surface area contributed by atoms with Gasteiger partial charge in [0.15, 0.2) is 0 Å². The van der Waals surface area contributed by atoms with Crippen LogP contribution in [0.3, 0.4) is 0 Å². The summed E-state index contributed by atoms with van der Waals surface area (Å²) in [5.74, 6) is -1.06. The maximum absolute atomic E-state index is 12.2. The fourth-order valence-corrected chi connectivity index (χ4v) is 2.53. The van der Waals surface area contributed by atoms with Crippen molar-refractivity contribution < 1.29 is 19.8 Å². The first-order chi connectivity index (χ1) is 8.49. The van der Waals surface area contributed by atoms with Crippen LogP contribution in [0, 0.1) is 0 Å². The number of rotatable bonds is 1. The van der Waals surface area contributed by atoms with Gasteiger partial charge in [0.05, 0.1) is 6.10 Å². The molecule has 0 aliphatic carbocycles. The first-order valence-corrected chi connectivity index (χ1v) is 6.21. The van der Waals surface area contributed by atoms with E-state index in [1.165, 1.54) is 4.90 Å². The van der Waals surface area contributed by atoms with Gasteiger partial charge in [0.2, 0.25) is 0 Å². The number of aliphatic hydroxyl groups excluding tert-OH is 1. The van der Waals surface area contributed by atoms with Crippen molar-refractivity contribution in [3.05, 3.63) is 0 Å². The van der Waals surface area contributed by atoms with Crippen molar-refractivity contribution in [1.29, 1.82) is 0 Å². The average Bonchev–Trinajstić information content (AvgIpc) is 2.71. The number of aliphatic carboxylic acids is 1.